The van der Waals surface area contributed by atoms with E-state index in [4.69, 9.17) is 9.47 Å². The predicted octanol–water partition coefficient (Wildman–Crippen LogP) is 3.42. The molecule has 6 rings (SSSR count). The fourth-order valence-electron chi connectivity index (χ4n) is 7.18. The van der Waals surface area contributed by atoms with Crippen molar-refractivity contribution in [3.8, 4) is 5.69 Å². The number of ether oxygens (including phenoxy) is 2. The first-order valence-electron chi connectivity index (χ1n) is 18.2. The van der Waals surface area contributed by atoms with Gasteiger partial charge in [-0.3, -0.25) is 19.6 Å². The highest BCUT2D eigenvalue weighted by molar-refractivity contribution is 5.89. The van der Waals surface area contributed by atoms with Gasteiger partial charge in [-0.1, -0.05) is 12.1 Å². The maximum absolute atomic E-state index is 13.3. The molecule has 5 amide bonds. The number of anilines is 1. The Hall–Kier alpha value is -4.66. The average Bonchev–Trinajstić information content (AvgIpc) is 3.95. The second kappa shape index (κ2) is 14.4. The molecule has 2 atom stereocenters. The summed E-state index contributed by atoms with van der Waals surface area (Å²) in [6.07, 6.45) is 2.08. The number of carbonyl (C=O) groups is 4. The van der Waals surface area contributed by atoms with Crippen LogP contribution in [0.15, 0.2) is 41.3 Å². The molecule has 2 unspecified atom stereocenters. The minimum Gasteiger partial charge on any atom is -0.444 e. The van der Waals surface area contributed by atoms with E-state index in [0.29, 0.717) is 69.0 Å². The van der Waals surface area contributed by atoms with E-state index in [0.717, 1.165) is 25.2 Å². The van der Waals surface area contributed by atoms with E-state index >= 15 is 0 Å². The summed E-state index contributed by atoms with van der Waals surface area (Å²) in [4.78, 5) is 73.2. The molecule has 1 aromatic heterocycles. The fourth-order valence-corrected chi connectivity index (χ4v) is 7.18. The van der Waals surface area contributed by atoms with Crippen LogP contribution in [0, 0.1) is 23.2 Å². The Morgan fingerprint density at radius 1 is 0.827 bits per heavy atom. The molecule has 3 heterocycles. The van der Waals surface area contributed by atoms with Gasteiger partial charge in [0.2, 0.25) is 5.91 Å². The molecule has 1 aromatic carbocycles. The van der Waals surface area contributed by atoms with Crippen molar-refractivity contribution >= 4 is 29.9 Å². The summed E-state index contributed by atoms with van der Waals surface area (Å²) in [5.74, 6) is 1.81. The second-order valence-corrected chi connectivity index (χ2v) is 16.5. The molecule has 4 aliphatic rings. The Bertz CT molecular complexity index is 1710. The number of urea groups is 1. The Labute approximate surface area is 304 Å². The molecule has 15 heteroatoms. The first-order valence-corrected chi connectivity index (χ1v) is 18.2. The number of amides is 5. The van der Waals surface area contributed by atoms with Crippen LogP contribution in [0.5, 0.6) is 0 Å². The van der Waals surface area contributed by atoms with Crippen LogP contribution >= 0.6 is 0 Å². The molecular formula is C37H52N8O7. The number of nitrogens with zero attached hydrogens (tertiary/aromatic N) is 5. The lowest BCUT2D eigenvalue weighted by Crippen LogP contribution is -2.54. The smallest absolute Gasteiger partial charge is 0.407 e. The van der Waals surface area contributed by atoms with E-state index < -0.39 is 28.4 Å². The van der Waals surface area contributed by atoms with Crippen LogP contribution in [0.2, 0.25) is 0 Å². The minimum absolute atomic E-state index is 0.0193. The quantitative estimate of drug-likeness (QED) is 0.352. The maximum atomic E-state index is 13.3. The summed E-state index contributed by atoms with van der Waals surface area (Å²) < 4.78 is 12.1. The van der Waals surface area contributed by atoms with Crippen molar-refractivity contribution in [2.75, 3.05) is 57.7 Å². The lowest BCUT2D eigenvalue weighted by molar-refractivity contribution is -0.138. The number of likely N-dealkylation sites (tertiary alicyclic amines) is 1. The normalized spacial score (nSPS) is 22.2. The number of aromatic nitrogens is 2. The third-order valence-electron chi connectivity index (χ3n) is 10.1. The number of carbonyl (C=O) groups excluding carboxylic acids is 4. The Morgan fingerprint density at radius 3 is 1.96 bits per heavy atom. The van der Waals surface area contributed by atoms with Gasteiger partial charge in [0, 0.05) is 65.1 Å². The van der Waals surface area contributed by atoms with Gasteiger partial charge in [0.15, 0.2) is 0 Å². The zero-order valence-corrected chi connectivity index (χ0v) is 31.1. The number of fused-ring (bicyclic) bond motifs is 1. The van der Waals surface area contributed by atoms with Crippen LogP contribution in [0.3, 0.4) is 0 Å². The molecule has 15 nitrogen and oxygen atoms in total. The van der Waals surface area contributed by atoms with Crippen LogP contribution < -0.4 is 21.6 Å². The highest BCUT2D eigenvalue weighted by atomic mass is 16.6. The van der Waals surface area contributed by atoms with Crippen LogP contribution in [0.25, 0.3) is 5.69 Å². The van der Waals surface area contributed by atoms with Gasteiger partial charge in [-0.15, -0.1) is 0 Å². The van der Waals surface area contributed by atoms with Crippen molar-refractivity contribution < 1.29 is 28.7 Å². The van der Waals surface area contributed by atoms with Crippen molar-refractivity contribution in [2.45, 2.75) is 72.1 Å². The molecule has 52 heavy (non-hydrogen) atoms. The van der Waals surface area contributed by atoms with Gasteiger partial charge in [0.05, 0.1) is 11.1 Å². The van der Waals surface area contributed by atoms with Gasteiger partial charge in [-0.05, 0) is 95.9 Å². The van der Waals surface area contributed by atoms with Crippen molar-refractivity contribution in [1.29, 1.82) is 0 Å². The van der Waals surface area contributed by atoms with E-state index in [2.05, 4.69) is 25.8 Å². The molecular weight excluding hydrogens is 668 g/mol. The maximum Gasteiger partial charge on any atom is 0.407 e. The molecule has 2 saturated heterocycles. The number of alkyl carbamates (subject to hydrolysis) is 2. The summed E-state index contributed by atoms with van der Waals surface area (Å²) in [5.41, 5.74) is -0.429. The number of piperidine rings is 1. The van der Waals surface area contributed by atoms with E-state index in [1.807, 2.05) is 45.0 Å². The Morgan fingerprint density at radius 2 is 1.40 bits per heavy atom. The molecule has 2 aliphatic heterocycles. The lowest BCUT2D eigenvalue weighted by atomic mass is 10.0. The molecule has 2 aromatic rings. The van der Waals surface area contributed by atoms with Crippen LogP contribution in [0.1, 0.15) is 59.9 Å². The van der Waals surface area contributed by atoms with Gasteiger partial charge in [0.25, 0.3) is 0 Å². The largest absolute Gasteiger partial charge is 0.444 e. The summed E-state index contributed by atoms with van der Waals surface area (Å²) in [7, 11) is 0. The summed E-state index contributed by atoms with van der Waals surface area (Å²) >= 11 is 0. The topological polar surface area (TPSA) is 167 Å². The number of nitrogens with one attached hydrogen (secondary N) is 3. The highest BCUT2D eigenvalue weighted by Crippen LogP contribution is 2.51. The fraction of sp³-hybridized carbons (Fsp3) is 0.622. The summed E-state index contributed by atoms with van der Waals surface area (Å²) in [5, 5.41) is 8.36. The molecule has 0 bridgehead atoms. The Balaban J connectivity index is 0.923. The van der Waals surface area contributed by atoms with Crippen LogP contribution in [0.4, 0.5) is 20.2 Å². The molecule has 4 fully saturated rings. The van der Waals surface area contributed by atoms with Crippen molar-refractivity contribution in [1.82, 2.24) is 34.9 Å². The standard InChI is InChI=1S/C37H52N8O7/c1-35(2,3)51-33(49)38-19-26-27-21-42(22-28(26)27)20-24-7-9-25(10-8-24)45-14-11-29(41-32(45)48)40-31(47)44-17-15-43(16-18-44)30(46)37(12-13-37)23-39-34(50)52-36(4,5)6/h7-11,14,26-28H,12-13,15-23H2,1-6H3,(H,38,49)(H,39,50)(H,40,41,47,48). The van der Waals surface area contributed by atoms with E-state index in [1.54, 1.807) is 42.8 Å². The number of benzene rings is 1. The predicted molar refractivity (Wildman–Crippen MR) is 193 cm³/mol. The molecule has 0 radical (unpaired) electrons. The van der Waals surface area contributed by atoms with Crippen LogP contribution in [-0.2, 0) is 20.8 Å². The van der Waals surface area contributed by atoms with Crippen molar-refractivity contribution in [2.24, 2.45) is 23.2 Å². The van der Waals surface area contributed by atoms with E-state index in [9.17, 15) is 24.0 Å². The minimum atomic E-state index is -0.618. The average molecular weight is 721 g/mol. The van der Waals surface area contributed by atoms with Gasteiger partial charge >= 0.3 is 23.9 Å². The first kappa shape index (κ1) is 37.1. The molecule has 3 N–H and O–H groups in total. The molecule has 0 spiro atoms. The number of rotatable bonds is 9. The van der Waals surface area contributed by atoms with Crippen molar-refractivity contribution in [3.05, 3.63) is 52.6 Å². The van der Waals surface area contributed by atoms with Gasteiger partial charge in [-0.2, -0.15) is 4.98 Å². The van der Waals surface area contributed by atoms with Gasteiger partial charge < -0.3 is 29.9 Å². The lowest BCUT2D eigenvalue weighted by Gasteiger charge is -2.36. The molecule has 282 valence electrons. The zero-order chi connectivity index (χ0) is 37.4. The summed E-state index contributed by atoms with van der Waals surface area (Å²) in [6, 6.07) is 9.00. The number of hydrogen-bond donors (Lipinski definition) is 3. The van der Waals surface area contributed by atoms with Crippen molar-refractivity contribution in [3.63, 3.8) is 0 Å². The molecule has 2 aliphatic carbocycles. The van der Waals surface area contributed by atoms with Gasteiger partial charge in [0.1, 0.15) is 17.0 Å². The third-order valence-corrected chi connectivity index (χ3v) is 10.1. The van der Waals surface area contributed by atoms with E-state index in [-0.39, 0.29) is 30.4 Å². The number of hydrogen-bond acceptors (Lipinski definition) is 9. The van der Waals surface area contributed by atoms with Crippen LogP contribution in [-0.4, -0.2) is 112 Å². The molecule has 2 saturated carbocycles. The first-order chi connectivity index (χ1) is 24.5. The third kappa shape index (κ3) is 9.22. The number of piperazine rings is 1. The van der Waals surface area contributed by atoms with Gasteiger partial charge in [-0.25, -0.2) is 19.2 Å². The zero-order valence-electron chi connectivity index (χ0n) is 31.1. The Kier molecular flexibility index (Phi) is 10.3. The monoisotopic (exact) mass is 720 g/mol. The second-order valence-electron chi connectivity index (χ2n) is 16.5. The van der Waals surface area contributed by atoms with E-state index in [1.165, 1.54) is 4.57 Å². The SMILES string of the molecule is CC(C)(C)OC(=O)NCC1C2CN(Cc3ccc(-n4ccc(NC(=O)N5CCN(C(=O)C6(CNC(=O)OC(C)(C)C)CC6)CC5)nc4=O)cc3)CC12. The summed E-state index contributed by atoms with van der Waals surface area (Å²) in [6.45, 7) is 16.0. The highest BCUT2D eigenvalue weighted by Gasteiger charge is 2.55.